The highest BCUT2D eigenvalue weighted by atomic mass is 15.1. The number of nitrogens with zero attached hydrogens (tertiary/aromatic N) is 3. The van der Waals surface area contributed by atoms with Crippen LogP contribution in [0.2, 0.25) is 0 Å². The zero-order valence-corrected chi connectivity index (χ0v) is 12.0. The lowest BCUT2D eigenvalue weighted by Gasteiger charge is -2.33. The van der Waals surface area contributed by atoms with Crippen LogP contribution in [-0.4, -0.2) is 28.0 Å². The van der Waals surface area contributed by atoms with Crippen molar-refractivity contribution < 1.29 is 0 Å². The quantitative estimate of drug-likeness (QED) is 0.855. The number of hydrogen-bond acceptors (Lipinski definition) is 3. The van der Waals surface area contributed by atoms with Crippen molar-refractivity contribution in [3.63, 3.8) is 0 Å². The maximum atomic E-state index is 4.30. The molecule has 0 saturated carbocycles. The Morgan fingerprint density at radius 1 is 1.20 bits per heavy atom. The molecule has 20 heavy (non-hydrogen) atoms. The van der Waals surface area contributed by atoms with E-state index in [0.717, 1.165) is 18.8 Å². The average molecular weight is 267 g/mol. The minimum Gasteiger partial charge on any atom is -0.298 e. The molecule has 2 aromatic rings. The molecule has 0 aromatic carbocycles. The monoisotopic (exact) mass is 267 g/mol. The summed E-state index contributed by atoms with van der Waals surface area (Å²) in [5, 5.41) is 0. The Bertz CT molecular complexity index is 553. The van der Waals surface area contributed by atoms with Crippen molar-refractivity contribution in [3.8, 4) is 0 Å². The molecule has 0 spiro atoms. The first-order valence-electron chi connectivity index (χ1n) is 7.35. The van der Waals surface area contributed by atoms with Crippen LogP contribution >= 0.6 is 0 Å². The van der Waals surface area contributed by atoms with E-state index in [2.05, 4.69) is 46.1 Å². The number of likely N-dealkylation sites (tertiary alicyclic amines) is 1. The van der Waals surface area contributed by atoms with E-state index in [1.807, 2.05) is 18.6 Å². The lowest BCUT2D eigenvalue weighted by molar-refractivity contribution is 0.200. The van der Waals surface area contributed by atoms with Crippen molar-refractivity contribution in [1.82, 2.24) is 14.9 Å². The largest absolute Gasteiger partial charge is 0.298 e. The van der Waals surface area contributed by atoms with Gasteiger partial charge in [-0.2, -0.15) is 0 Å². The minimum absolute atomic E-state index is 0.646. The number of aryl methyl sites for hydroxylation is 1. The van der Waals surface area contributed by atoms with Crippen LogP contribution in [0.15, 0.2) is 42.9 Å². The van der Waals surface area contributed by atoms with Gasteiger partial charge in [0.25, 0.3) is 0 Å². The molecule has 3 rings (SSSR count). The smallest absolute Gasteiger partial charge is 0.0375 e. The molecule has 1 unspecified atom stereocenters. The topological polar surface area (TPSA) is 29.0 Å². The summed E-state index contributed by atoms with van der Waals surface area (Å²) >= 11 is 0. The van der Waals surface area contributed by atoms with Crippen LogP contribution in [0.4, 0.5) is 0 Å². The molecule has 2 aromatic heterocycles. The highest BCUT2D eigenvalue weighted by molar-refractivity contribution is 5.21. The molecule has 104 valence electrons. The van der Waals surface area contributed by atoms with E-state index >= 15 is 0 Å². The normalized spacial score (nSPS) is 19.9. The lowest BCUT2D eigenvalue weighted by atomic mass is 9.90. The Labute approximate surface area is 120 Å². The zero-order valence-electron chi connectivity index (χ0n) is 12.0. The molecule has 0 aliphatic carbocycles. The summed E-state index contributed by atoms with van der Waals surface area (Å²) in [4.78, 5) is 10.9. The number of pyridine rings is 2. The number of hydrogen-bond donors (Lipinski definition) is 0. The van der Waals surface area contributed by atoms with E-state index in [-0.39, 0.29) is 0 Å². The maximum absolute atomic E-state index is 4.30. The average Bonchev–Trinajstić information content (AvgIpc) is 2.49. The van der Waals surface area contributed by atoms with Gasteiger partial charge in [-0.25, -0.2) is 0 Å². The maximum Gasteiger partial charge on any atom is 0.0375 e. The molecule has 1 atom stereocenters. The first-order chi connectivity index (χ1) is 9.81. The Kier molecular flexibility index (Phi) is 4.07. The van der Waals surface area contributed by atoms with Crippen molar-refractivity contribution in [2.45, 2.75) is 32.2 Å². The second-order valence-electron chi connectivity index (χ2n) is 5.66. The predicted molar refractivity (Wildman–Crippen MR) is 80.5 cm³/mol. The molecular weight excluding hydrogens is 246 g/mol. The van der Waals surface area contributed by atoms with Crippen LogP contribution in [0, 0.1) is 6.92 Å². The third-order valence-corrected chi connectivity index (χ3v) is 4.05. The number of aromatic nitrogens is 2. The van der Waals surface area contributed by atoms with Crippen LogP contribution in [-0.2, 0) is 6.54 Å². The van der Waals surface area contributed by atoms with Gasteiger partial charge in [-0.3, -0.25) is 14.9 Å². The van der Waals surface area contributed by atoms with Crippen molar-refractivity contribution in [3.05, 3.63) is 59.7 Å². The van der Waals surface area contributed by atoms with Crippen molar-refractivity contribution in [2.24, 2.45) is 0 Å². The highest BCUT2D eigenvalue weighted by Gasteiger charge is 2.21. The van der Waals surface area contributed by atoms with Gasteiger partial charge >= 0.3 is 0 Å². The summed E-state index contributed by atoms with van der Waals surface area (Å²) in [5.74, 6) is 0.646. The van der Waals surface area contributed by atoms with Gasteiger partial charge in [-0.05, 0) is 67.6 Å². The number of piperidine rings is 1. The molecule has 1 aliphatic heterocycles. The van der Waals surface area contributed by atoms with Gasteiger partial charge in [-0.1, -0.05) is 0 Å². The molecule has 3 heterocycles. The van der Waals surface area contributed by atoms with Gasteiger partial charge in [0.05, 0.1) is 0 Å². The zero-order chi connectivity index (χ0) is 13.8. The number of rotatable bonds is 3. The van der Waals surface area contributed by atoms with Gasteiger partial charge in [0.2, 0.25) is 0 Å². The summed E-state index contributed by atoms with van der Waals surface area (Å²) in [6, 6.07) is 8.63. The van der Waals surface area contributed by atoms with E-state index < -0.39 is 0 Å². The van der Waals surface area contributed by atoms with Crippen LogP contribution in [0.5, 0.6) is 0 Å². The van der Waals surface area contributed by atoms with Gasteiger partial charge in [0.1, 0.15) is 0 Å². The van der Waals surface area contributed by atoms with Crippen LogP contribution in [0.1, 0.15) is 35.6 Å². The van der Waals surface area contributed by atoms with E-state index in [9.17, 15) is 0 Å². The molecule has 0 radical (unpaired) electrons. The fourth-order valence-corrected chi connectivity index (χ4v) is 3.04. The Morgan fingerprint density at radius 2 is 2.05 bits per heavy atom. The standard InChI is InChI=1S/C17H21N3/c1-14-11-16(6-9-19-14)17-3-2-10-20(13-17)12-15-4-7-18-8-5-15/h4-9,11,17H,2-3,10,12-13H2,1H3. The summed E-state index contributed by atoms with van der Waals surface area (Å²) in [5.41, 5.74) is 3.91. The lowest BCUT2D eigenvalue weighted by Crippen LogP contribution is -2.33. The van der Waals surface area contributed by atoms with E-state index in [4.69, 9.17) is 0 Å². The Morgan fingerprint density at radius 3 is 2.85 bits per heavy atom. The van der Waals surface area contributed by atoms with E-state index in [0.29, 0.717) is 5.92 Å². The molecule has 0 N–H and O–H groups in total. The summed E-state index contributed by atoms with van der Waals surface area (Å²) in [7, 11) is 0. The van der Waals surface area contributed by atoms with Crippen LogP contribution in [0.25, 0.3) is 0 Å². The summed E-state index contributed by atoms with van der Waals surface area (Å²) in [6.07, 6.45) is 8.26. The van der Waals surface area contributed by atoms with Gasteiger partial charge in [-0.15, -0.1) is 0 Å². The van der Waals surface area contributed by atoms with Crippen molar-refractivity contribution >= 4 is 0 Å². The molecule has 0 bridgehead atoms. The van der Waals surface area contributed by atoms with Gasteiger partial charge < -0.3 is 0 Å². The molecule has 0 amide bonds. The molecule has 1 aliphatic rings. The third kappa shape index (κ3) is 3.23. The molecule has 3 heteroatoms. The van der Waals surface area contributed by atoms with Gasteiger partial charge in [0, 0.05) is 37.4 Å². The fraction of sp³-hybridized carbons (Fsp3) is 0.412. The van der Waals surface area contributed by atoms with Crippen LogP contribution < -0.4 is 0 Å². The highest BCUT2D eigenvalue weighted by Crippen LogP contribution is 2.27. The predicted octanol–water partition coefficient (Wildman–Crippen LogP) is 3.16. The van der Waals surface area contributed by atoms with Gasteiger partial charge in [0.15, 0.2) is 0 Å². The van der Waals surface area contributed by atoms with Crippen LogP contribution in [0.3, 0.4) is 0 Å². The molecule has 1 saturated heterocycles. The van der Waals surface area contributed by atoms with Crippen molar-refractivity contribution in [1.29, 1.82) is 0 Å². The Hall–Kier alpha value is -1.74. The molecule has 3 nitrogen and oxygen atoms in total. The second kappa shape index (κ2) is 6.14. The SMILES string of the molecule is Cc1cc(C2CCCN(Cc3ccncc3)C2)ccn1. The summed E-state index contributed by atoms with van der Waals surface area (Å²) in [6.45, 7) is 5.44. The summed E-state index contributed by atoms with van der Waals surface area (Å²) < 4.78 is 0. The van der Waals surface area contributed by atoms with E-state index in [1.165, 1.54) is 30.5 Å². The third-order valence-electron chi connectivity index (χ3n) is 4.05. The Balaban J connectivity index is 1.67. The van der Waals surface area contributed by atoms with Crippen molar-refractivity contribution in [2.75, 3.05) is 13.1 Å². The van der Waals surface area contributed by atoms with E-state index in [1.54, 1.807) is 0 Å². The fourth-order valence-electron chi connectivity index (χ4n) is 3.04. The first-order valence-corrected chi connectivity index (χ1v) is 7.35. The molecule has 1 fully saturated rings. The first kappa shape index (κ1) is 13.3. The minimum atomic E-state index is 0.646. The molecular formula is C17H21N3. The second-order valence-corrected chi connectivity index (χ2v) is 5.66.